The molecule has 1 aliphatic heterocycles. The van der Waals surface area contributed by atoms with Crippen LogP contribution < -0.4 is 5.73 Å². The second-order valence-corrected chi connectivity index (χ2v) is 3.26. The molecule has 1 rings (SSSR count). The summed E-state index contributed by atoms with van der Waals surface area (Å²) in [6.07, 6.45) is 2.27. The number of nitrogens with two attached hydrogens (primary N) is 1. The lowest BCUT2D eigenvalue weighted by atomic mass is 9.98. The molecule has 12 heavy (non-hydrogen) atoms. The van der Waals surface area contributed by atoms with Crippen LogP contribution in [0.3, 0.4) is 0 Å². The molecule has 0 aromatic carbocycles. The predicted octanol–water partition coefficient (Wildman–Crippen LogP) is 0.0712. The monoisotopic (exact) mass is 194 g/mol. The van der Waals surface area contributed by atoms with Gasteiger partial charge in [0.25, 0.3) is 0 Å². The summed E-state index contributed by atoms with van der Waals surface area (Å²) in [5.41, 5.74) is 5.44. The highest BCUT2D eigenvalue weighted by molar-refractivity contribution is 5.85. The Labute approximate surface area is 80.3 Å². The standard InChI is InChI=1S/C8H18N2O.ClH/c9-3-6-10-4-1-8(7-11)2-5-10;/h8,11H,1-7,9H2;1H. The predicted molar refractivity (Wildman–Crippen MR) is 52.6 cm³/mol. The highest BCUT2D eigenvalue weighted by atomic mass is 35.5. The van der Waals surface area contributed by atoms with Crippen LogP contribution in [0.25, 0.3) is 0 Å². The average Bonchev–Trinajstić information content (AvgIpc) is 2.07. The molecule has 1 saturated heterocycles. The van der Waals surface area contributed by atoms with Crippen molar-refractivity contribution in [3.05, 3.63) is 0 Å². The van der Waals surface area contributed by atoms with Gasteiger partial charge in [0.15, 0.2) is 0 Å². The van der Waals surface area contributed by atoms with Crippen molar-refractivity contribution in [2.24, 2.45) is 11.7 Å². The Morgan fingerprint density at radius 3 is 2.33 bits per heavy atom. The Bertz CT molecular complexity index is 105. The second kappa shape index (κ2) is 6.66. The van der Waals surface area contributed by atoms with Gasteiger partial charge < -0.3 is 15.7 Å². The molecule has 1 aliphatic rings. The normalized spacial score (nSPS) is 20.5. The molecule has 3 nitrogen and oxygen atoms in total. The summed E-state index contributed by atoms with van der Waals surface area (Å²) in [5.74, 6) is 0.545. The minimum atomic E-state index is 0. The van der Waals surface area contributed by atoms with E-state index in [0.29, 0.717) is 12.5 Å². The molecule has 3 N–H and O–H groups in total. The Balaban J connectivity index is 0.00000121. The smallest absolute Gasteiger partial charge is 0.0460 e. The van der Waals surface area contributed by atoms with Gasteiger partial charge in [0.2, 0.25) is 0 Å². The number of rotatable bonds is 3. The van der Waals surface area contributed by atoms with E-state index in [9.17, 15) is 0 Å². The third-order valence-electron chi connectivity index (χ3n) is 2.41. The lowest BCUT2D eigenvalue weighted by Gasteiger charge is -2.30. The number of hydrogen-bond acceptors (Lipinski definition) is 3. The molecule has 74 valence electrons. The van der Waals surface area contributed by atoms with Crippen molar-refractivity contribution in [3.8, 4) is 0 Å². The van der Waals surface area contributed by atoms with Crippen molar-refractivity contribution < 1.29 is 5.11 Å². The highest BCUT2D eigenvalue weighted by Crippen LogP contribution is 2.15. The molecule has 0 amide bonds. The number of aliphatic hydroxyl groups is 1. The topological polar surface area (TPSA) is 49.5 Å². The Kier molecular flexibility index (Phi) is 6.76. The average molecular weight is 195 g/mol. The molecule has 0 radical (unpaired) electrons. The molecular formula is C8H19ClN2O. The van der Waals surface area contributed by atoms with Gasteiger partial charge in [-0.05, 0) is 31.8 Å². The molecule has 0 spiro atoms. The first-order valence-corrected chi connectivity index (χ1v) is 4.40. The van der Waals surface area contributed by atoms with Crippen LogP contribution >= 0.6 is 12.4 Å². The van der Waals surface area contributed by atoms with Crippen LogP contribution in [0.1, 0.15) is 12.8 Å². The summed E-state index contributed by atoms with van der Waals surface area (Å²) < 4.78 is 0. The number of hydrogen-bond donors (Lipinski definition) is 2. The van der Waals surface area contributed by atoms with Crippen molar-refractivity contribution in [1.82, 2.24) is 4.90 Å². The van der Waals surface area contributed by atoms with E-state index < -0.39 is 0 Å². The van der Waals surface area contributed by atoms with Crippen molar-refractivity contribution in [3.63, 3.8) is 0 Å². The van der Waals surface area contributed by atoms with E-state index in [1.807, 2.05) is 0 Å². The van der Waals surface area contributed by atoms with Crippen LogP contribution in [-0.4, -0.2) is 42.8 Å². The first-order chi connectivity index (χ1) is 5.36. The largest absolute Gasteiger partial charge is 0.396 e. The molecule has 0 bridgehead atoms. The van der Waals surface area contributed by atoms with Crippen LogP contribution in [-0.2, 0) is 0 Å². The number of likely N-dealkylation sites (tertiary alicyclic amines) is 1. The minimum Gasteiger partial charge on any atom is -0.396 e. The SMILES string of the molecule is Cl.NCCN1CCC(CO)CC1. The zero-order valence-electron chi connectivity index (χ0n) is 7.41. The fourth-order valence-corrected chi connectivity index (χ4v) is 1.58. The Morgan fingerprint density at radius 1 is 1.33 bits per heavy atom. The van der Waals surface area contributed by atoms with Crippen molar-refractivity contribution in [2.75, 3.05) is 32.8 Å². The van der Waals surface area contributed by atoms with Gasteiger partial charge in [-0.15, -0.1) is 12.4 Å². The van der Waals surface area contributed by atoms with Gasteiger partial charge in [0, 0.05) is 19.7 Å². The van der Waals surface area contributed by atoms with Crippen LogP contribution in [0.2, 0.25) is 0 Å². The Morgan fingerprint density at radius 2 is 1.92 bits per heavy atom. The Hall–Kier alpha value is 0.170. The first-order valence-electron chi connectivity index (χ1n) is 4.40. The number of nitrogens with zero attached hydrogens (tertiary/aromatic N) is 1. The maximum absolute atomic E-state index is 8.86. The summed E-state index contributed by atoms with van der Waals surface area (Å²) in [4.78, 5) is 2.37. The first kappa shape index (κ1) is 12.2. The fourth-order valence-electron chi connectivity index (χ4n) is 1.58. The van der Waals surface area contributed by atoms with E-state index in [1.54, 1.807) is 0 Å². The molecular weight excluding hydrogens is 176 g/mol. The summed E-state index contributed by atoms with van der Waals surface area (Å²) in [6.45, 7) is 4.35. The van der Waals surface area contributed by atoms with Gasteiger partial charge in [0.1, 0.15) is 0 Å². The van der Waals surface area contributed by atoms with Gasteiger partial charge in [-0.25, -0.2) is 0 Å². The summed E-state index contributed by atoms with van der Waals surface area (Å²) in [7, 11) is 0. The summed E-state index contributed by atoms with van der Waals surface area (Å²) in [5, 5.41) is 8.86. The third kappa shape index (κ3) is 3.72. The number of halogens is 1. The number of aliphatic hydroxyl groups excluding tert-OH is 1. The lowest BCUT2D eigenvalue weighted by Crippen LogP contribution is -2.37. The van der Waals surface area contributed by atoms with Crippen LogP contribution in [0.15, 0.2) is 0 Å². The molecule has 0 saturated carbocycles. The van der Waals surface area contributed by atoms with Gasteiger partial charge in [0.05, 0.1) is 0 Å². The maximum atomic E-state index is 8.86. The quantitative estimate of drug-likeness (QED) is 0.669. The highest BCUT2D eigenvalue weighted by Gasteiger charge is 2.16. The molecule has 0 atom stereocenters. The number of piperidine rings is 1. The van der Waals surface area contributed by atoms with Crippen molar-refractivity contribution >= 4 is 12.4 Å². The van der Waals surface area contributed by atoms with Crippen LogP contribution in [0.4, 0.5) is 0 Å². The van der Waals surface area contributed by atoms with E-state index >= 15 is 0 Å². The van der Waals surface area contributed by atoms with Gasteiger partial charge in [-0.1, -0.05) is 0 Å². The zero-order chi connectivity index (χ0) is 8.10. The van der Waals surface area contributed by atoms with E-state index in [2.05, 4.69) is 4.90 Å². The van der Waals surface area contributed by atoms with E-state index in [4.69, 9.17) is 10.8 Å². The van der Waals surface area contributed by atoms with E-state index in [1.165, 1.54) is 0 Å². The minimum absolute atomic E-state index is 0. The maximum Gasteiger partial charge on any atom is 0.0460 e. The van der Waals surface area contributed by atoms with Crippen LogP contribution in [0, 0.1) is 5.92 Å². The second-order valence-electron chi connectivity index (χ2n) is 3.26. The van der Waals surface area contributed by atoms with Crippen molar-refractivity contribution in [2.45, 2.75) is 12.8 Å². The molecule has 1 fully saturated rings. The fraction of sp³-hybridized carbons (Fsp3) is 1.00. The molecule has 0 aliphatic carbocycles. The molecule has 0 unspecified atom stereocenters. The van der Waals surface area contributed by atoms with Gasteiger partial charge >= 0.3 is 0 Å². The summed E-state index contributed by atoms with van der Waals surface area (Å²) >= 11 is 0. The van der Waals surface area contributed by atoms with Gasteiger partial charge in [-0.2, -0.15) is 0 Å². The molecule has 0 aromatic heterocycles. The summed E-state index contributed by atoms with van der Waals surface area (Å²) in [6, 6.07) is 0. The molecule has 4 heteroatoms. The van der Waals surface area contributed by atoms with Crippen LogP contribution in [0.5, 0.6) is 0 Å². The lowest BCUT2D eigenvalue weighted by molar-refractivity contribution is 0.134. The van der Waals surface area contributed by atoms with E-state index in [-0.39, 0.29) is 12.4 Å². The van der Waals surface area contributed by atoms with Gasteiger partial charge in [-0.3, -0.25) is 0 Å². The zero-order valence-corrected chi connectivity index (χ0v) is 8.22. The third-order valence-corrected chi connectivity index (χ3v) is 2.41. The van der Waals surface area contributed by atoms with E-state index in [0.717, 1.165) is 39.0 Å². The molecule has 0 aromatic rings. The molecule has 1 heterocycles. The van der Waals surface area contributed by atoms with Crippen molar-refractivity contribution in [1.29, 1.82) is 0 Å².